The van der Waals surface area contributed by atoms with Crippen molar-refractivity contribution in [2.75, 3.05) is 6.54 Å². The van der Waals surface area contributed by atoms with Gasteiger partial charge in [-0.3, -0.25) is 0 Å². The normalized spacial score (nSPS) is 12.4. The van der Waals surface area contributed by atoms with E-state index in [9.17, 15) is 8.78 Å². The lowest BCUT2D eigenvalue weighted by Gasteiger charge is -2.19. The SMILES string of the molecule is CCNC(c1ccc(Br)cc1)c1ccc(F)cc1F. The van der Waals surface area contributed by atoms with Crippen molar-refractivity contribution >= 4 is 15.9 Å². The van der Waals surface area contributed by atoms with Crippen LogP contribution in [0.4, 0.5) is 8.78 Å². The number of rotatable bonds is 4. The summed E-state index contributed by atoms with van der Waals surface area (Å²) >= 11 is 3.37. The fraction of sp³-hybridized carbons (Fsp3) is 0.200. The van der Waals surface area contributed by atoms with Gasteiger partial charge in [-0.1, -0.05) is 41.1 Å². The Bertz CT molecular complexity index is 555. The molecule has 0 heterocycles. The lowest BCUT2D eigenvalue weighted by atomic mass is 9.98. The zero-order valence-corrected chi connectivity index (χ0v) is 12.0. The van der Waals surface area contributed by atoms with Gasteiger partial charge in [0.15, 0.2) is 0 Å². The molecule has 0 saturated heterocycles. The van der Waals surface area contributed by atoms with E-state index in [1.807, 2.05) is 31.2 Å². The molecule has 2 aromatic rings. The Morgan fingerprint density at radius 2 is 1.79 bits per heavy atom. The highest BCUT2D eigenvalue weighted by Gasteiger charge is 2.17. The van der Waals surface area contributed by atoms with Crippen LogP contribution in [0.15, 0.2) is 46.9 Å². The second-order valence-electron chi connectivity index (χ2n) is 4.21. The molecule has 2 rings (SSSR count). The van der Waals surface area contributed by atoms with Crippen LogP contribution in [0.25, 0.3) is 0 Å². The number of hydrogen-bond acceptors (Lipinski definition) is 1. The molecule has 0 aliphatic carbocycles. The van der Waals surface area contributed by atoms with Crippen LogP contribution in [0.2, 0.25) is 0 Å². The molecule has 2 aromatic carbocycles. The Morgan fingerprint density at radius 3 is 2.37 bits per heavy atom. The third-order valence-electron chi connectivity index (χ3n) is 2.89. The zero-order valence-electron chi connectivity index (χ0n) is 10.5. The summed E-state index contributed by atoms with van der Waals surface area (Å²) in [5, 5.41) is 3.22. The summed E-state index contributed by atoms with van der Waals surface area (Å²) in [4.78, 5) is 0. The van der Waals surface area contributed by atoms with E-state index in [2.05, 4.69) is 21.2 Å². The van der Waals surface area contributed by atoms with E-state index in [4.69, 9.17) is 0 Å². The zero-order chi connectivity index (χ0) is 13.8. The van der Waals surface area contributed by atoms with Crippen molar-refractivity contribution in [2.45, 2.75) is 13.0 Å². The predicted octanol–water partition coefficient (Wildman–Crippen LogP) is 4.43. The molecule has 1 nitrogen and oxygen atoms in total. The Morgan fingerprint density at radius 1 is 1.11 bits per heavy atom. The molecule has 0 amide bonds. The molecule has 19 heavy (non-hydrogen) atoms. The Kier molecular flexibility index (Phi) is 4.66. The number of hydrogen-bond donors (Lipinski definition) is 1. The first-order valence-corrected chi connectivity index (χ1v) is 6.85. The van der Waals surface area contributed by atoms with Crippen molar-refractivity contribution in [3.8, 4) is 0 Å². The average molecular weight is 326 g/mol. The van der Waals surface area contributed by atoms with Crippen molar-refractivity contribution in [1.82, 2.24) is 5.32 Å². The number of nitrogens with one attached hydrogen (secondary N) is 1. The van der Waals surface area contributed by atoms with Crippen LogP contribution in [0, 0.1) is 11.6 Å². The van der Waals surface area contributed by atoms with Crippen molar-refractivity contribution in [3.63, 3.8) is 0 Å². The topological polar surface area (TPSA) is 12.0 Å². The minimum absolute atomic E-state index is 0.279. The quantitative estimate of drug-likeness (QED) is 0.877. The van der Waals surface area contributed by atoms with Crippen LogP contribution in [0.5, 0.6) is 0 Å². The molecule has 1 unspecified atom stereocenters. The van der Waals surface area contributed by atoms with Crippen LogP contribution in [-0.2, 0) is 0 Å². The number of benzene rings is 2. The molecule has 0 aromatic heterocycles. The van der Waals surface area contributed by atoms with Gasteiger partial charge in [0.25, 0.3) is 0 Å². The highest BCUT2D eigenvalue weighted by Crippen LogP contribution is 2.26. The Labute approximate surface area is 119 Å². The first-order chi connectivity index (χ1) is 9.11. The molecule has 0 radical (unpaired) electrons. The molecule has 1 atom stereocenters. The molecule has 0 aliphatic rings. The summed E-state index contributed by atoms with van der Waals surface area (Å²) in [6.45, 7) is 2.64. The summed E-state index contributed by atoms with van der Waals surface area (Å²) in [5.41, 5.74) is 1.39. The summed E-state index contributed by atoms with van der Waals surface area (Å²) in [7, 11) is 0. The van der Waals surface area contributed by atoms with Crippen LogP contribution in [0.3, 0.4) is 0 Å². The molecular formula is C15H14BrF2N. The minimum atomic E-state index is -0.563. The lowest BCUT2D eigenvalue weighted by molar-refractivity contribution is 0.541. The molecule has 0 saturated carbocycles. The summed E-state index contributed by atoms with van der Waals surface area (Å²) in [6.07, 6.45) is 0. The molecule has 100 valence electrons. The van der Waals surface area contributed by atoms with Gasteiger partial charge in [0.2, 0.25) is 0 Å². The monoisotopic (exact) mass is 325 g/mol. The van der Waals surface area contributed by atoms with E-state index in [0.29, 0.717) is 12.1 Å². The van der Waals surface area contributed by atoms with Gasteiger partial charge in [0.05, 0.1) is 6.04 Å². The molecule has 0 spiro atoms. The first kappa shape index (κ1) is 14.2. The van der Waals surface area contributed by atoms with E-state index in [-0.39, 0.29) is 6.04 Å². The smallest absolute Gasteiger partial charge is 0.131 e. The highest BCUT2D eigenvalue weighted by molar-refractivity contribution is 9.10. The van der Waals surface area contributed by atoms with Crippen molar-refractivity contribution in [2.24, 2.45) is 0 Å². The summed E-state index contributed by atoms with van der Waals surface area (Å²) in [5.74, 6) is -1.10. The summed E-state index contributed by atoms with van der Waals surface area (Å²) < 4.78 is 27.8. The number of halogens is 3. The van der Waals surface area contributed by atoms with Crippen molar-refractivity contribution in [1.29, 1.82) is 0 Å². The molecule has 0 fully saturated rings. The Balaban J connectivity index is 2.41. The second-order valence-corrected chi connectivity index (χ2v) is 5.12. The van der Waals surface area contributed by atoms with Crippen molar-refractivity contribution in [3.05, 3.63) is 69.7 Å². The molecule has 1 N–H and O–H groups in total. The van der Waals surface area contributed by atoms with Gasteiger partial charge in [-0.2, -0.15) is 0 Å². The molecule has 4 heteroatoms. The van der Waals surface area contributed by atoms with Gasteiger partial charge in [-0.15, -0.1) is 0 Å². The minimum Gasteiger partial charge on any atom is -0.306 e. The van der Waals surface area contributed by atoms with Crippen LogP contribution < -0.4 is 5.32 Å². The van der Waals surface area contributed by atoms with Gasteiger partial charge in [0.1, 0.15) is 11.6 Å². The van der Waals surface area contributed by atoms with Crippen molar-refractivity contribution < 1.29 is 8.78 Å². The Hall–Kier alpha value is -1.26. The first-order valence-electron chi connectivity index (χ1n) is 6.05. The standard InChI is InChI=1S/C15H14BrF2N/c1-2-19-15(10-3-5-11(16)6-4-10)13-8-7-12(17)9-14(13)18/h3-9,15,19H,2H2,1H3. The molecule has 0 aliphatic heterocycles. The van der Waals surface area contributed by atoms with E-state index in [1.165, 1.54) is 12.1 Å². The van der Waals surface area contributed by atoms with E-state index < -0.39 is 11.6 Å². The van der Waals surface area contributed by atoms with Crippen LogP contribution >= 0.6 is 15.9 Å². The molecule has 0 bridgehead atoms. The van der Waals surface area contributed by atoms with Gasteiger partial charge in [-0.25, -0.2) is 8.78 Å². The maximum absolute atomic E-state index is 13.9. The van der Waals surface area contributed by atoms with Gasteiger partial charge in [-0.05, 0) is 30.3 Å². The van der Waals surface area contributed by atoms with E-state index >= 15 is 0 Å². The second kappa shape index (κ2) is 6.26. The fourth-order valence-electron chi connectivity index (χ4n) is 2.00. The highest BCUT2D eigenvalue weighted by atomic mass is 79.9. The molecular weight excluding hydrogens is 312 g/mol. The van der Waals surface area contributed by atoms with Gasteiger partial charge >= 0.3 is 0 Å². The summed E-state index contributed by atoms with van der Waals surface area (Å²) in [6, 6.07) is 11.0. The average Bonchev–Trinajstić information content (AvgIpc) is 2.38. The third kappa shape index (κ3) is 3.39. The fourth-order valence-corrected chi connectivity index (χ4v) is 2.27. The van der Waals surface area contributed by atoms with Gasteiger partial charge < -0.3 is 5.32 Å². The van der Waals surface area contributed by atoms with Gasteiger partial charge in [0, 0.05) is 16.1 Å². The maximum atomic E-state index is 13.9. The van der Waals surface area contributed by atoms with E-state index in [1.54, 1.807) is 0 Å². The predicted molar refractivity (Wildman–Crippen MR) is 76.0 cm³/mol. The third-order valence-corrected chi connectivity index (χ3v) is 3.41. The van der Waals surface area contributed by atoms with Crippen LogP contribution in [-0.4, -0.2) is 6.54 Å². The van der Waals surface area contributed by atoms with Crippen LogP contribution in [0.1, 0.15) is 24.1 Å². The lowest BCUT2D eigenvalue weighted by Crippen LogP contribution is -2.23. The largest absolute Gasteiger partial charge is 0.306 e. The van der Waals surface area contributed by atoms with E-state index in [0.717, 1.165) is 16.1 Å². The maximum Gasteiger partial charge on any atom is 0.131 e.